The van der Waals surface area contributed by atoms with Crippen LogP contribution in [0.25, 0.3) is 0 Å². The molecule has 4 rings (SSSR count). The maximum atomic E-state index is 5.78. The molecule has 130 valence electrons. The molecule has 0 saturated carbocycles. The highest BCUT2D eigenvalue weighted by Gasteiger charge is 2.45. The lowest BCUT2D eigenvalue weighted by Gasteiger charge is -2.31. The van der Waals surface area contributed by atoms with Crippen molar-refractivity contribution in [1.29, 1.82) is 0 Å². The standard InChI is InChI=1S/C24H22S2/c1-3-17-9-13-19(14-10-17)24(20-15-11-18(4-2)12-16-20)22-8-6-5-7-21(22)23(25)26-24/h5-16H,3-4H2,1-2H3. The summed E-state index contributed by atoms with van der Waals surface area (Å²) < 4.78 is 0.728. The first-order valence-corrected chi connectivity index (χ1v) is 10.4. The average Bonchev–Trinajstić information content (AvgIpc) is 3.02. The fraction of sp³-hybridized carbons (Fsp3) is 0.208. The van der Waals surface area contributed by atoms with Gasteiger partial charge in [0.25, 0.3) is 0 Å². The summed E-state index contributed by atoms with van der Waals surface area (Å²) in [5, 5.41) is 0. The van der Waals surface area contributed by atoms with Gasteiger partial charge in [-0.1, -0.05) is 111 Å². The molecule has 0 nitrogen and oxygen atoms in total. The van der Waals surface area contributed by atoms with Crippen molar-refractivity contribution in [2.75, 3.05) is 0 Å². The average molecular weight is 375 g/mol. The van der Waals surface area contributed by atoms with Gasteiger partial charge in [-0.25, -0.2) is 0 Å². The minimum absolute atomic E-state index is 0.258. The van der Waals surface area contributed by atoms with Crippen LogP contribution in [0.2, 0.25) is 0 Å². The van der Waals surface area contributed by atoms with Crippen LogP contribution in [0, 0.1) is 0 Å². The normalized spacial score (nSPS) is 15.1. The van der Waals surface area contributed by atoms with Crippen LogP contribution in [0.15, 0.2) is 72.8 Å². The number of rotatable bonds is 4. The maximum absolute atomic E-state index is 5.78. The molecule has 2 heteroatoms. The quantitative estimate of drug-likeness (QED) is 0.476. The third kappa shape index (κ3) is 2.72. The Labute approximate surface area is 165 Å². The first kappa shape index (κ1) is 17.5. The minimum Gasteiger partial charge on any atom is -0.0924 e. The van der Waals surface area contributed by atoms with Crippen LogP contribution >= 0.6 is 24.0 Å². The Morgan fingerprint density at radius 3 is 1.73 bits per heavy atom. The molecule has 1 aliphatic heterocycles. The molecule has 0 N–H and O–H groups in total. The van der Waals surface area contributed by atoms with E-state index in [0.29, 0.717) is 0 Å². The molecule has 0 atom stereocenters. The summed E-state index contributed by atoms with van der Waals surface area (Å²) in [6, 6.07) is 26.7. The van der Waals surface area contributed by atoms with Crippen LogP contribution in [0.5, 0.6) is 0 Å². The summed E-state index contributed by atoms with van der Waals surface area (Å²) in [4.78, 5) is 0. The zero-order valence-corrected chi connectivity index (χ0v) is 16.8. The Hall–Kier alpha value is -1.90. The molecular formula is C24H22S2. The Morgan fingerprint density at radius 1 is 0.731 bits per heavy atom. The maximum Gasteiger partial charge on any atom is 0.0968 e. The molecule has 0 aromatic heterocycles. The van der Waals surface area contributed by atoms with Gasteiger partial charge < -0.3 is 0 Å². The highest BCUT2D eigenvalue weighted by molar-refractivity contribution is 8.25. The molecule has 0 aliphatic carbocycles. The van der Waals surface area contributed by atoms with E-state index in [1.165, 1.54) is 33.4 Å². The number of hydrogen-bond donors (Lipinski definition) is 0. The third-order valence-electron chi connectivity index (χ3n) is 5.31. The summed E-state index contributed by atoms with van der Waals surface area (Å²) in [6.07, 6.45) is 2.11. The van der Waals surface area contributed by atoms with Crippen molar-refractivity contribution in [1.82, 2.24) is 0 Å². The van der Waals surface area contributed by atoms with E-state index in [1.807, 2.05) is 0 Å². The van der Waals surface area contributed by atoms with Crippen molar-refractivity contribution < 1.29 is 0 Å². The van der Waals surface area contributed by atoms with Gasteiger partial charge in [-0.2, -0.15) is 0 Å². The lowest BCUT2D eigenvalue weighted by atomic mass is 9.82. The zero-order chi connectivity index (χ0) is 18.1. The monoisotopic (exact) mass is 374 g/mol. The van der Waals surface area contributed by atoms with Crippen LogP contribution in [-0.4, -0.2) is 4.20 Å². The van der Waals surface area contributed by atoms with Crippen molar-refractivity contribution in [2.45, 2.75) is 31.4 Å². The Balaban J connectivity index is 1.96. The van der Waals surface area contributed by atoms with E-state index < -0.39 is 0 Å². The number of benzene rings is 3. The minimum atomic E-state index is -0.258. The molecule has 0 radical (unpaired) electrons. The summed E-state index contributed by atoms with van der Waals surface area (Å²) in [5.74, 6) is 0. The van der Waals surface area contributed by atoms with E-state index in [4.69, 9.17) is 12.2 Å². The van der Waals surface area contributed by atoms with Gasteiger partial charge >= 0.3 is 0 Å². The van der Waals surface area contributed by atoms with Crippen molar-refractivity contribution in [2.24, 2.45) is 0 Å². The second kappa shape index (κ2) is 7.02. The molecule has 26 heavy (non-hydrogen) atoms. The van der Waals surface area contributed by atoms with E-state index >= 15 is 0 Å². The van der Waals surface area contributed by atoms with Gasteiger partial charge in [0.1, 0.15) is 0 Å². The summed E-state index contributed by atoms with van der Waals surface area (Å²) in [7, 11) is 0. The van der Waals surface area contributed by atoms with E-state index in [1.54, 1.807) is 11.8 Å². The Bertz CT molecular complexity index is 889. The molecule has 3 aromatic carbocycles. The lowest BCUT2D eigenvalue weighted by Crippen LogP contribution is -2.23. The van der Waals surface area contributed by atoms with Gasteiger partial charge in [-0.15, -0.1) is 0 Å². The van der Waals surface area contributed by atoms with E-state index in [9.17, 15) is 0 Å². The number of thiocarbonyl (C=S) groups is 1. The fourth-order valence-electron chi connectivity index (χ4n) is 3.76. The predicted octanol–water partition coefficient (Wildman–Crippen LogP) is 6.53. The summed E-state index contributed by atoms with van der Waals surface area (Å²) in [6.45, 7) is 4.39. The summed E-state index contributed by atoms with van der Waals surface area (Å²) in [5.41, 5.74) is 7.84. The molecule has 0 unspecified atom stereocenters. The van der Waals surface area contributed by atoms with Gasteiger partial charge in [0, 0.05) is 5.56 Å². The smallest absolute Gasteiger partial charge is 0.0924 e. The molecule has 1 aliphatic rings. The Kier molecular flexibility index (Phi) is 4.73. The van der Waals surface area contributed by atoms with Crippen LogP contribution in [0.4, 0.5) is 0 Å². The molecule has 0 amide bonds. The van der Waals surface area contributed by atoms with Gasteiger partial charge in [-0.05, 0) is 40.7 Å². The molecule has 3 aromatic rings. The van der Waals surface area contributed by atoms with Gasteiger partial charge in [0.05, 0.1) is 8.94 Å². The predicted molar refractivity (Wildman–Crippen MR) is 117 cm³/mol. The van der Waals surface area contributed by atoms with E-state index in [0.717, 1.165) is 17.0 Å². The van der Waals surface area contributed by atoms with E-state index in [2.05, 4.69) is 86.6 Å². The topological polar surface area (TPSA) is 0 Å². The molecule has 0 fully saturated rings. The lowest BCUT2D eigenvalue weighted by molar-refractivity contribution is 0.902. The third-order valence-corrected chi connectivity index (χ3v) is 7.18. The van der Waals surface area contributed by atoms with Crippen molar-refractivity contribution in [3.05, 3.63) is 106 Å². The van der Waals surface area contributed by atoms with Crippen molar-refractivity contribution in [3.8, 4) is 0 Å². The number of aryl methyl sites for hydroxylation is 2. The van der Waals surface area contributed by atoms with Crippen molar-refractivity contribution in [3.63, 3.8) is 0 Å². The molecule has 0 saturated heterocycles. The fourth-order valence-corrected chi connectivity index (χ4v) is 5.68. The van der Waals surface area contributed by atoms with Crippen LogP contribution in [-0.2, 0) is 17.6 Å². The number of hydrogen-bond acceptors (Lipinski definition) is 2. The van der Waals surface area contributed by atoms with Crippen LogP contribution in [0.1, 0.15) is 47.2 Å². The summed E-state index contributed by atoms with van der Waals surface area (Å²) >= 11 is 7.59. The van der Waals surface area contributed by atoms with Gasteiger partial charge in [0.15, 0.2) is 0 Å². The highest BCUT2D eigenvalue weighted by Crippen LogP contribution is 2.55. The molecular weight excluding hydrogens is 352 g/mol. The van der Waals surface area contributed by atoms with Gasteiger partial charge in [-0.3, -0.25) is 0 Å². The highest BCUT2D eigenvalue weighted by atomic mass is 32.2. The second-order valence-corrected chi connectivity index (χ2v) is 8.61. The van der Waals surface area contributed by atoms with Crippen molar-refractivity contribution >= 4 is 28.2 Å². The molecule has 1 heterocycles. The van der Waals surface area contributed by atoms with E-state index in [-0.39, 0.29) is 4.75 Å². The second-order valence-electron chi connectivity index (χ2n) is 6.72. The largest absolute Gasteiger partial charge is 0.0968 e. The van der Waals surface area contributed by atoms with Crippen LogP contribution < -0.4 is 0 Å². The van der Waals surface area contributed by atoms with Gasteiger partial charge in [0.2, 0.25) is 0 Å². The number of thioether (sulfide) groups is 1. The zero-order valence-electron chi connectivity index (χ0n) is 15.2. The number of fused-ring (bicyclic) bond motifs is 1. The van der Waals surface area contributed by atoms with Crippen LogP contribution in [0.3, 0.4) is 0 Å². The Morgan fingerprint density at radius 2 is 1.23 bits per heavy atom. The molecule has 0 spiro atoms. The first-order chi connectivity index (χ1) is 12.7. The SMILES string of the molecule is CCc1ccc(C2(c3ccc(CC)cc3)SC(=S)c3ccccc32)cc1. The molecule has 0 bridgehead atoms. The first-order valence-electron chi connectivity index (χ1n) is 9.20.